The molecule has 32 heavy (non-hydrogen) atoms. The Bertz CT molecular complexity index is 921. The highest BCUT2D eigenvalue weighted by Gasteiger charge is 2.33. The largest absolute Gasteiger partial charge is 0.357 e. The van der Waals surface area contributed by atoms with Gasteiger partial charge in [0.05, 0.1) is 5.71 Å². The lowest BCUT2D eigenvalue weighted by atomic mass is 9.86. The third-order valence-electron chi connectivity index (χ3n) is 5.49. The van der Waals surface area contributed by atoms with Crippen LogP contribution in [-0.2, 0) is 4.79 Å². The van der Waals surface area contributed by atoms with Crippen LogP contribution < -0.4 is 16.0 Å². The van der Waals surface area contributed by atoms with Gasteiger partial charge in [0, 0.05) is 50.4 Å². The summed E-state index contributed by atoms with van der Waals surface area (Å²) in [6, 6.07) is 2.39. The van der Waals surface area contributed by atoms with Crippen LogP contribution >= 0.6 is 0 Å². The summed E-state index contributed by atoms with van der Waals surface area (Å²) < 4.78 is 27.3. The minimum atomic E-state index is -0.960. The van der Waals surface area contributed by atoms with E-state index in [1.54, 1.807) is 7.05 Å². The number of hydrogen-bond acceptors (Lipinski definition) is 4. The Hall–Kier alpha value is -2.81. The molecule has 1 aromatic rings. The third kappa shape index (κ3) is 6.12. The van der Waals surface area contributed by atoms with Crippen molar-refractivity contribution in [2.75, 3.05) is 33.7 Å². The van der Waals surface area contributed by atoms with E-state index < -0.39 is 29.1 Å². The number of rotatable bonds is 6. The second-order valence-electron chi connectivity index (χ2n) is 8.79. The summed E-state index contributed by atoms with van der Waals surface area (Å²) in [5.41, 5.74) is 1.78. The number of carbonyl (C=O) groups excluding carboxylic acids is 2. The minimum absolute atomic E-state index is 0.291. The number of amides is 3. The molecular weight excluding hydrogens is 416 g/mol. The van der Waals surface area contributed by atoms with Crippen LogP contribution in [0.5, 0.6) is 0 Å². The van der Waals surface area contributed by atoms with E-state index >= 15 is 0 Å². The number of carbonyl (C=O) groups is 2. The first kappa shape index (κ1) is 25.5. The molecule has 0 fully saturated rings. The molecule has 1 aromatic carbocycles. The van der Waals surface area contributed by atoms with Crippen molar-refractivity contribution in [3.8, 4) is 0 Å². The first-order chi connectivity index (χ1) is 15.0. The summed E-state index contributed by atoms with van der Waals surface area (Å²) in [5.74, 6) is -2.18. The van der Waals surface area contributed by atoms with Gasteiger partial charge in [0.1, 0.15) is 6.04 Å². The van der Waals surface area contributed by atoms with Gasteiger partial charge in [-0.2, -0.15) is 0 Å². The number of nitrogens with one attached hydrogen (secondary N) is 3. The summed E-state index contributed by atoms with van der Waals surface area (Å²) in [6.07, 6.45) is 0.541. The molecule has 1 atom stereocenters. The van der Waals surface area contributed by atoms with Crippen LogP contribution in [0.15, 0.2) is 34.5 Å². The molecule has 3 N–H and O–H groups in total. The normalized spacial score (nSPS) is 16.6. The number of hydrogen-bond donors (Lipinski definition) is 3. The highest BCUT2D eigenvalue weighted by molar-refractivity contribution is 6.13. The van der Waals surface area contributed by atoms with Gasteiger partial charge in [0.15, 0.2) is 11.6 Å². The van der Waals surface area contributed by atoms with Gasteiger partial charge in [0.2, 0.25) is 5.91 Å². The molecule has 2 rings (SSSR count). The number of benzene rings is 1. The van der Waals surface area contributed by atoms with E-state index in [1.807, 2.05) is 27.7 Å². The molecule has 1 aliphatic rings. The van der Waals surface area contributed by atoms with Gasteiger partial charge >= 0.3 is 6.03 Å². The molecule has 0 saturated heterocycles. The molecule has 0 aromatic heterocycles. The van der Waals surface area contributed by atoms with Crippen molar-refractivity contribution in [3.05, 3.63) is 46.7 Å². The maximum Gasteiger partial charge on any atom is 0.319 e. The number of halogens is 2. The Labute approximate surface area is 188 Å². The van der Waals surface area contributed by atoms with E-state index in [4.69, 9.17) is 0 Å². The van der Waals surface area contributed by atoms with Gasteiger partial charge in [-0.1, -0.05) is 27.7 Å². The fraction of sp³-hybridized carbons (Fsp3) is 0.522. The smallest absolute Gasteiger partial charge is 0.319 e. The number of urea groups is 1. The molecular formula is C23H33F2N5O2. The van der Waals surface area contributed by atoms with E-state index in [9.17, 15) is 18.4 Å². The van der Waals surface area contributed by atoms with Gasteiger partial charge in [0.25, 0.3) is 0 Å². The van der Waals surface area contributed by atoms with Crippen LogP contribution in [-0.4, -0.2) is 62.3 Å². The third-order valence-corrected chi connectivity index (χ3v) is 5.49. The van der Waals surface area contributed by atoms with Crippen LogP contribution in [0.4, 0.5) is 13.6 Å². The quantitative estimate of drug-likeness (QED) is 0.584. The van der Waals surface area contributed by atoms with Gasteiger partial charge in [-0.15, -0.1) is 0 Å². The van der Waals surface area contributed by atoms with Crippen molar-refractivity contribution in [3.63, 3.8) is 0 Å². The molecule has 1 aliphatic heterocycles. The van der Waals surface area contributed by atoms with Crippen molar-refractivity contribution in [1.82, 2.24) is 20.9 Å². The Balaban J connectivity index is 2.38. The molecule has 3 amide bonds. The van der Waals surface area contributed by atoms with E-state index in [-0.39, 0.29) is 5.91 Å². The zero-order valence-electron chi connectivity index (χ0n) is 19.6. The second-order valence-corrected chi connectivity index (χ2v) is 8.79. The summed E-state index contributed by atoms with van der Waals surface area (Å²) in [5, 5.41) is 8.21. The number of likely N-dealkylation sites (N-methyl/N-ethyl adjacent to an activating group) is 2. The zero-order chi connectivity index (χ0) is 24.1. The van der Waals surface area contributed by atoms with Gasteiger partial charge in [-0.25, -0.2) is 13.6 Å². The molecule has 9 heteroatoms. The summed E-state index contributed by atoms with van der Waals surface area (Å²) in [4.78, 5) is 31.6. The summed E-state index contributed by atoms with van der Waals surface area (Å²) in [7, 11) is 3.10. The zero-order valence-corrected chi connectivity index (χ0v) is 19.6. The van der Waals surface area contributed by atoms with Crippen molar-refractivity contribution < 1.29 is 18.4 Å². The second kappa shape index (κ2) is 10.7. The predicted octanol–water partition coefficient (Wildman–Crippen LogP) is 2.82. The van der Waals surface area contributed by atoms with E-state index in [0.717, 1.165) is 30.8 Å². The molecule has 0 aliphatic carbocycles. The van der Waals surface area contributed by atoms with Crippen LogP contribution in [0.2, 0.25) is 0 Å². The lowest BCUT2D eigenvalue weighted by Gasteiger charge is -2.32. The van der Waals surface area contributed by atoms with Gasteiger partial charge < -0.3 is 16.0 Å². The molecule has 7 nitrogen and oxygen atoms in total. The average molecular weight is 450 g/mol. The Kier molecular flexibility index (Phi) is 8.49. The van der Waals surface area contributed by atoms with E-state index in [0.29, 0.717) is 29.9 Å². The first-order valence-electron chi connectivity index (χ1n) is 10.7. The molecule has 0 unspecified atom stereocenters. The van der Waals surface area contributed by atoms with Crippen LogP contribution in [0.25, 0.3) is 0 Å². The molecule has 176 valence electrons. The first-order valence-corrected chi connectivity index (χ1v) is 10.7. The lowest BCUT2D eigenvalue weighted by Crippen LogP contribution is -2.55. The standard InChI is InChI=1S/C23H33F2N5O2/c1-7-30-11-10-18(28-22(32)29-20(21(31)27-6)23(2,3)4)15(13-30)19(26-5)14-8-9-16(24)17(25)12-14/h8-9,12,20H,7,10-11,13H2,1-6H3,(H,27,31)(H2,28,29,32)/t20-/m1/s1. The molecule has 0 radical (unpaired) electrons. The van der Waals surface area contributed by atoms with E-state index in [2.05, 4.69) is 25.8 Å². The van der Waals surface area contributed by atoms with Crippen molar-refractivity contribution in [2.45, 2.75) is 40.2 Å². The average Bonchev–Trinajstić information content (AvgIpc) is 2.74. The maximum atomic E-state index is 13.9. The fourth-order valence-corrected chi connectivity index (χ4v) is 3.65. The Morgan fingerprint density at radius 3 is 2.44 bits per heavy atom. The van der Waals surface area contributed by atoms with Crippen LogP contribution in [0, 0.1) is 17.0 Å². The number of aliphatic imine (C=N–C) groups is 1. The summed E-state index contributed by atoms with van der Waals surface area (Å²) in [6.45, 7) is 9.63. The Morgan fingerprint density at radius 2 is 1.91 bits per heavy atom. The lowest BCUT2D eigenvalue weighted by molar-refractivity contribution is -0.124. The minimum Gasteiger partial charge on any atom is -0.357 e. The van der Waals surface area contributed by atoms with Gasteiger partial charge in [-0.05, 0) is 30.2 Å². The molecule has 1 heterocycles. The van der Waals surface area contributed by atoms with Crippen LogP contribution in [0.1, 0.15) is 39.7 Å². The highest BCUT2D eigenvalue weighted by atomic mass is 19.2. The van der Waals surface area contributed by atoms with Crippen molar-refractivity contribution >= 4 is 17.6 Å². The van der Waals surface area contributed by atoms with E-state index in [1.165, 1.54) is 13.1 Å². The molecule has 0 bridgehead atoms. The monoisotopic (exact) mass is 449 g/mol. The molecule has 0 spiro atoms. The fourth-order valence-electron chi connectivity index (χ4n) is 3.65. The van der Waals surface area contributed by atoms with Crippen molar-refractivity contribution in [1.29, 1.82) is 0 Å². The Morgan fingerprint density at radius 1 is 1.22 bits per heavy atom. The van der Waals surface area contributed by atoms with Gasteiger partial charge in [-0.3, -0.25) is 14.7 Å². The topological polar surface area (TPSA) is 85.8 Å². The molecule has 0 saturated carbocycles. The maximum absolute atomic E-state index is 13.9. The van der Waals surface area contributed by atoms with Crippen molar-refractivity contribution in [2.24, 2.45) is 10.4 Å². The highest BCUT2D eigenvalue weighted by Crippen LogP contribution is 2.23. The SMILES string of the molecule is CCN1CCC(NC(=O)N[C@H](C(=O)NC)C(C)(C)C)=C(C(=NC)c2ccc(F)c(F)c2)C1. The van der Waals surface area contributed by atoms with Crippen LogP contribution in [0.3, 0.4) is 0 Å². The predicted molar refractivity (Wildman–Crippen MR) is 122 cm³/mol. The number of nitrogens with zero attached hydrogens (tertiary/aromatic N) is 2. The summed E-state index contributed by atoms with van der Waals surface area (Å²) >= 11 is 0.